The van der Waals surface area contributed by atoms with Crippen molar-refractivity contribution in [2.75, 3.05) is 13.2 Å². The normalized spacial score (nSPS) is 21.2. The molecule has 2 rings (SSSR count). The molecular formula is C19H20F3NO7. The highest BCUT2D eigenvalue weighted by atomic mass is 19.4. The van der Waals surface area contributed by atoms with Crippen LogP contribution in [0.25, 0.3) is 0 Å². The molecule has 2 aliphatic rings. The number of nitrogens with zero attached hydrogens (tertiary/aromatic N) is 1. The topological polar surface area (TPSA) is 113 Å². The molecular weight excluding hydrogens is 411 g/mol. The van der Waals surface area contributed by atoms with Gasteiger partial charge in [0.2, 0.25) is 5.78 Å². The number of ketones is 2. The van der Waals surface area contributed by atoms with Crippen molar-refractivity contribution in [3.05, 3.63) is 45.6 Å². The first kappa shape index (κ1) is 23.5. The number of hydrogen-bond donors (Lipinski definition) is 0. The summed E-state index contributed by atoms with van der Waals surface area (Å²) in [4.78, 5) is 48.5. The van der Waals surface area contributed by atoms with Gasteiger partial charge >= 0.3 is 12.1 Å². The number of carbonyl (C=O) groups excluding carboxylic acids is 3. The monoisotopic (exact) mass is 431 g/mol. The minimum absolute atomic E-state index is 0.000496. The van der Waals surface area contributed by atoms with Crippen LogP contribution in [0.2, 0.25) is 0 Å². The van der Waals surface area contributed by atoms with Crippen molar-refractivity contribution >= 4 is 17.5 Å². The third-order valence-electron chi connectivity index (χ3n) is 4.90. The van der Waals surface area contributed by atoms with Gasteiger partial charge in [0.25, 0.3) is 6.04 Å². The van der Waals surface area contributed by atoms with Crippen LogP contribution < -0.4 is 0 Å². The van der Waals surface area contributed by atoms with Crippen LogP contribution in [0.15, 0.2) is 35.5 Å². The molecule has 2 aliphatic carbocycles. The first-order valence-electron chi connectivity index (χ1n) is 9.11. The van der Waals surface area contributed by atoms with Crippen LogP contribution in [0.3, 0.4) is 0 Å². The Bertz CT molecular complexity index is 853. The van der Waals surface area contributed by atoms with E-state index in [0.29, 0.717) is 12.2 Å². The zero-order chi connectivity index (χ0) is 22.9. The van der Waals surface area contributed by atoms with Gasteiger partial charge in [0.15, 0.2) is 11.9 Å². The molecule has 2 atom stereocenters. The zero-order valence-electron chi connectivity index (χ0n) is 16.3. The molecule has 0 bridgehead atoms. The Labute approximate surface area is 169 Å². The molecule has 0 saturated heterocycles. The number of esters is 1. The number of hydrogen-bond acceptors (Lipinski definition) is 7. The Morgan fingerprint density at radius 1 is 1.27 bits per heavy atom. The minimum atomic E-state index is -4.91. The molecule has 11 heteroatoms. The summed E-state index contributed by atoms with van der Waals surface area (Å²) in [5.41, 5.74) is -4.53. The van der Waals surface area contributed by atoms with Crippen LogP contribution in [-0.2, 0) is 23.9 Å². The molecule has 0 heterocycles. The standard InChI is InChI=1S/C19H20F3NO7/c1-4-29-15(16(25)18(8-9-18)17(26)30-5-2)14(24)11-6-7-12(19(20,21)22)10(3)13(11)23(27)28/h6-7,13,15H,3-5,8-9H2,1-2H3. The van der Waals surface area contributed by atoms with E-state index in [0.717, 1.165) is 0 Å². The van der Waals surface area contributed by atoms with E-state index in [4.69, 9.17) is 9.47 Å². The van der Waals surface area contributed by atoms with Gasteiger partial charge in [-0.1, -0.05) is 6.58 Å². The van der Waals surface area contributed by atoms with Crippen LogP contribution in [0.1, 0.15) is 26.7 Å². The smallest absolute Gasteiger partial charge is 0.416 e. The SMILES string of the molecule is C=C1C(C(F)(F)F)=CC=C(C(=O)C(OCC)C(=O)C2(C(=O)OCC)CC2)C1[N+](=O)[O-]. The quantitative estimate of drug-likeness (QED) is 0.239. The summed E-state index contributed by atoms with van der Waals surface area (Å²) in [6, 6.07) is -2.20. The van der Waals surface area contributed by atoms with Crippen molar-refractivity contribution in [1.29, 1.82) is 0 Å². The predicted octanol–water partition coefficient (Wildman–Crippen LogP) is 2.50. The molecule has 30 heavy (non-hydrogen) atoms. The van der Waals surface area contributed by atoms with E-state index < -0.39 is 62.9 Å². The average Bonchev–Trinajstić information content (AvgIpc) is 3.45. The van der Waals surface area contributed by atoms with E-state index in [1.54, 1.807) is 0 Å². The third-order valence-corrected chi connectivity index (χ3v) is 4.90. The molecule has 0 aliphatic heterocycles. The highest BCUT2D eigenvalue weighted by molar-refractivity contribution is 6.21. The Hall–Kier alpha value is -2.82. The zero-order valence-corrected chi connectivity index (χ0v) is 16.3. The van der Waals surface area contributed by atoms with Gasteiger partial charge in [-0.15, -0.1) is 0 Å². The Balaban J connectivity index is 2.45. The summed E-state index contributed by atoms with van der Waals surface area (Å²) in [5.74, 6) is -2.94. The molecule has 1 saturated carbocycles. The summed E-state index contributed by atoms with van der Waals surface area (Å²) in [5, 5.41) is 11.5. The number of Topliss-reactive ketones (excluding diaryl/α,β-unsaturated/α-hetero) is 2. The van der Waals surface area contributed by atoms with E-state index in [-0.39, 0.29) is 26.1 Å². The second kappa shape index (κ2) is 8.50. The molecule has 0 aromatic heterocycles. The number of nitro groups is 1. The van der Waals surface area contributed by atoms with E-state index in [2.05, 4.69) is 6.58 Å². The number of alkyl halides is 3. The van der Waals surface area contributed by atoms with Crippen molar-refractivity contribution in [3.63, 3.8) is 0 Å². The van der Waals surface area contributed by atoms with Crippen molar-refractivity contribution in [2.24, 2.45) is 5.41 Å². The Morgan fingerprint density at radius 3 is 2.30 bits per heavy atom. The van der Waals surface area contributed by atoms with Gasteiger partial charge in [-0.05, 0) is 38.8 Å². The second-order valence-corrected chi connectivity index (χ2v) is 6.78. The average molecular weight is 431 g/mol. The maximum atomic E-state index is 13.1. The molecule has 8 nitrogen and oxygen atoms in total. The number of allylic oxidation sites excluding steroid dienone is 2. The predicted molar refractivity (Wildman–Crippen MR) is 95.9 cm³/mol. The summed E-state index contributed by atoms with van der Waals surface area (Å²) < 4.78 is 49.3. The summed E-state index contributed by atoms with van der Waals surface area (Å²) in [6.45, 7) is 5.98. The van der Waals surface area contributed by atoms with E-state index in [1.165, 1.54) is 13.8 Å². The molecule has 2 unspecified atom stereocenters. The largest absolute Gasteiger partial charge is 0.465 e. The summed E-state index contributed by atoms with van der Waals surface area (Å²) in [7, 11) is 0. The molecule has 1 fully saturated rings. The van der Waals surface area contributed by atoms with Gasteiger partial charge in [-0.25, -0.2) is 0 Å². The summed E-state index contributed by atoms with van der Waals surface area (Å²) >= 11 is 0. The molecule has 164 valence electrons. The van der Waals surface area contributed by atoms with Gasteiger partial charge in [0.1, 0.15) is 5.41 Å². The first-order chi connectivity index (χ1) is 13.9. The lowest BCUT2D eigenvalue weighted by molar-refractivity contribution is -0.501. The van der Waals surface area contributed by atoms with E-state index >= 15 is 0 Å². The van der Waals surface area contributed by atoms with Crippen LogP contribution in [-0.4, -0.2) is 54.0 Å². The van der Waals surface area contributed by atoms with Crippen molar-refractivity contribution in [2.45, 2.75) is 45.0 Å². The molecule has 0 aromatic carbocycles. The molecule has 0 radical (unpaired) electrons. The fourth-order valence-electron chi connectivity index (χ4n) is 3.23. The second-order valence-electron chi connectivity index (χ2n) is 6.78. The number of carbonyl (C=O) groups is 3. The highest BCUT2D eigenvalue weighted by Crippen LogP contribution is 2.49. The highest BCUT2D eigenvalue weighted by Gasteiger charge is 2.61. The Morgan fingerprint density at radius 2 is 1.87 bits per heavy atom. The Kier molecular flexibility index (Phi) is 6.65. The minimum Gasteiger partial charge on any atom is -0.465 e. The van der Waals surface area contributed by atoms with Gasteiger partial charge in [0.05, 0.1) is 17.8 Å². The van der Waals surface area contributed by atoms with Crippen LogP contribution >= 0.6 is 0 Å². The lowest BCUT2D eigenvalue weighted by Crippen LogP contribution is -2.45. The van der Waals surface area contributed by atoms with Gasteiger partial charge in [0, 0.05) is 17.1 Å². The fourth-order valence-corrected chi connectivity index (χ4v) is 3.23. The van der Waals surface area contributed by atoms with E-state index in [1.807, 2.05) is 0 Å². The van der Waals surface area contributed by atoms with Crippen molar-refractivity contribution < 1.29 is 42.0 Å². The molecule has 0 aromatic rings. The number of rotatable bonds is 9. The molecule has 0 amide bonds. The molecule has 0 spiro atoms. The lowest BCUT2D eigenvalue weighted by Gasteiger charge is -2.25. The van der Waals surface area contributed by atoms with Gasteiger partial charge in [-0.3, -0.25) is 24.5 Å². The van der Waals surface area contributed by atoms with Crippen LogP contribution in [0, 0.1) is 15.5 Å². The molecule has 0 N–H and O–H groups in total. The first-order valence-corrected chi connectivity index (χ1v) is 9.11. The third kappa shape index (κ3) is 4.20. The maximum Gasteiger partial charge on any atom is 0.416 e. The number of halogens is 3. The maximum absolute atomic E-state index is 13.1. The lowest BCUT2D eigenvalue weighted by atomic mass is 9.83. The van der Waals surface area contributed by atoms with Gasteiger partial charge < -0.3 is 9.47 Å². The van der Waals surface area contributed by atoms with Crippen molar-refractivity contribution in [3.8, 4) is 0 Å². The number of ether oxygens (including phenoxy) is 2. The summed E-state index contributed by atoms with van der Waals surface area (Å²) in [6.07, 6.45) is -5.41. The van der Waals surface area contributed by atoms with Crippen molar-refractivity contribution in [1.82, 2.24) is 0 Å². The fraction of sp³-hybridized carbons (Fsp3) is 0.526. The van der Waals surface area contributed by atoms with Gasteiger partial charge in [-0.2, -0.15) is 13.2 Å². The van der Waals surface area contributed by atoms with E-state index in [9.17, 15) is 37.7 Å². The van der Waals surface area contributed by atoms with Crippen LogP contribution in [0.5, 0.6) is 0 Å². The van der Waals surface area contributed by atoms with Crippen LogP contribution in [0.4, 0.5) is 13.2 Å².